The third kappa shape index (κ3) is 13.9. The molecule has 4 atom stereocenters. The molecule has 0 heterocycles. The molecule has 69 heavy (non-hydrogen) atoms. The lowest BCUT2D eigenvalue weighted by molar-refractivity contribution is -0.127. The molecule has 0 bridgehead atoms. The van der Waals surface area contributed by atoms with Crippen molar-refractivity contribution in [3.63, 3.8) is 0 Å². The van der Waals surface area contributed by atoms with E-state index in [1.807, 2.05) is 0 Å². The molecule has 16 nitrogen and oxygen atoms in total. The number of alkyl halides is 3. The molecule has 5 aromatic rings. The maximum Gasteiger partial charge on any atom is 0.258 e. The molecule has 0 aliphatic carbocycles. The highest BCUT2D eigenvalue weighted by Crippen LogP contribution is 2.36. The standard InChI is InChI=1S/C48H45Cl5N8O8/c1-24(50)34-22-30(14-17-39(34)68-5)54-45(64)32-9-7-11-37(41(32)52)58-60-43(26(3)62)47(66)56-29-13-16-36(28(21-29)19-20-49)57-48(67)44(27(4)63)61-59-38-12-8-10-33(42(38)53)46(65)55-31-15-18-40(69-6)35(23-31)25(2)51/h7-18,21-25,43-44H,19-20H2,1-6H3,(H,54,64)(H,55,65)(H,56,66)(H,57,67). The zero-order chi connectivity index (χ0) is 50.5. The fourth-order valence-electron chi connectivity index (χ4n) is 6.58. The summed E-state index contributed by atoms with van der Waals surface area (Å²) in [5, 5.41) is 25.9. The van der Waals surface area contributed by atoms with Crippen molar-refractivity contribution in [2.45, 2.75) is 57.0 Å². The van der Waals surface area contributed by atoms with Crippen molar-refractivity contribution in [1.29, 1.82) is 0 Å². The van der Waals surface area contributed by atoms with Gasteiger partial charge in [0, 0.05) is 39.8 Å². The van der Waals surface area contributed by atoms with Gasteiger partial charge in [-0.2, -0.15) is 20.5 Å². The van der Waals surface area contributed by atoms with E-state index in [1.54, 1.807) is 50.2 Å². The van der Waals surface area contributed by atoms with E-state index in [-0.39, 0.29) is 56.2 Å². The number of ether oxygens (including phenoxy) is 2. The largest absolute Gasteiger partial charge is 0.496 e. The molecule has 0 aliphatic heterocycles. The number of halogens is 5. The first-order chi connectivity index (χ1) is 32.9. The number of nitrogens with zero attached hydrogens (tertiary/aromatic N) is 4. The molecule has 4 unspecified atom stereocenters. The van der Waals surface area contributed by atoms with Crippen molar-refractivity contribution in [3.05, 3.63) is 129 Å². The van der Waals surface area contributed by atoms with Crippen molar-refractivity contribution in [2.24, 2.45) is 20.5 Å². The topological polar surface area (TPSA) is 218 Å². The Kier molecular flexibility index (Phi) is 19.2. The molecule has 5 rings (SSSR count). The highest BCUT2D eigenvalue weighted by Gasteiger charge is 2.27. The summed E-state index contributed by atoms with van der Waals surface area (Å²) in [6, 6.07) is 20.0. The number of hydrogen-bond acceptors (Lipinski definition) is 12. The van der Waals surface area contributed by atoms with Crippen LogP contribution in [0.4, 0.5) is 34.1 Å². The number of benzene rings is 5. The maximum atomic E-state index is 13.5. The highest BCUT2D eigenvalue weighted by molar-refractivity contribution is 6.37. The minimum Gasteiger partial charge on any atom is -0.496 e. The quantitative estimate of drug-likeness (QED) is 0.0333. The Morgan fingerprint density at radius 3 is 1.41 bits per heavy atom. The van der Waals surface area contributed by atoms with Crippen LogP contribution < -0.4 is 30.7 Å². The van der Waals surface area contributed by atoms with Gasteiger partial charge in [-0.05, 0) is 119 Å². The SMILES string of the molecule is COc1ccc(NC(=O)c2cccc(N=NC(C(C)=O)C(=O)Nc3ccc(NC(=O)C(N=Nc4cccc(C(=O)Nc5ccc(OC)c(C(C)Cl)c5)c4Cl)C(C)=O)c(CCCl)c3)c2Cl)cc1C(C)Cl. The summed E-state index contributed by atoms with van der Waals surface area (Å²) in [5.74, 6) is -2.93. The third-order valence-corrected chi connectivity index (χ3v) is 11.6. The molecular weight excluding hydrogens is 994 g/mol. The fraction of sp³-hybridized carbons (Fsp3) is 0.250. The minimum absolute atomic E-state index is 0.0146. The molecule has 0 radical (unpaired) electrons. The number of azo groups is 2. The molecular formula is C48H45Cl5N8O8. The van der Waals surface area contributed by atoms with Crippen LogP contribution in [0.3, 0.4) is 0 Å². The second-order valence-corrected chi connectivity index (χ2v) is 17.5. The Labute approximate surface area is 422 Å². The van der Waals surface area contributed by atoms with E-state index in [4.69, 9.17) is 67.5 Å². The van der Waals surface area contributed by atoms with E-state index in [2.05, 4.69) is 41.7 Å². The number of hydrogen-bond donors (Lipinski definition) is 4. The number of amides is 4. The Balaban J connectivity index is 1.28. The van der Waals surface area contributed by atoms with E-state index >= 15 is 0 Å². The Bertz CT molecular complexity index is 2840. The van der Waals surface area contributed by atoms with Gasteiger partial charge in [-0.1, -0.05) is 35.3 Å². The molecule has 0 saturated carbocycles. The molecule has 5 aromatic carbocycles. The van der Waals surface area contributed by atoms with Crippen LogP contribution in [0, 0.1) is 0 Å². The summed E-state index contributed by atoms with van der Waals surface area (Å²) in [6.07, 6.45) is 0.198. The van der Waals surface area contributed by atoms with Crippen molar-refractivity contribution >= 4 is 127 Å². The van der Waals surface area contributed by atoms with Crippen molar-refractivity contribution in [2.75, 3.05) is 41.4 Å². The number of ketones is 2. The molecule has 0 aliphatic rings. The Morgan fingerprint density at radius 2 is 1.00 bits per heavy atom. The number of carbonyl (C=O) groups excluding carboxylic acids is 6. The van der Waals surface area contributed by atoms with Gasteiger partial charge in [0.15, 0.2) is 11.6 Å². The molecule has 0 fully saturated rings. The first-order valence-corrected chi connectivity index (χ1v) is 23.0. The first kappa shape index (κ1) is 53.5. The molecule has 0 saturated heterocycles. The average Bonchev–Trinajstić information content (AvgIpc) is 3.30. The molecule has 4 N–H and O–H groups in total. The number of aryl methyl sites for hydroxylation is 1. The summed E-state index contributed by atoms with van der Waals surface area (Å²) in [7, 11) is 3.02. The summed E-state index contributed by atoms with van der Waals surface area (Å²) >= 11 is 31.9. The van der Waals surface area contributed by atoms with Crippen molar-refractivity contribution < 1.29 is 38.2 Å². The Hall–Kier alpha value is -6.43. The predicted molar refractivity (Wildman–Crippen MR) is 269 cm³/mol. The highest BCUT2D eigenvalue weighted by atomic mass is 35.5. The molecule has 21 heteroatoms. The number of nitrogens with one attached hydrogen (secondary N) is 4. The Morgan fingerprint density at radius 1 is 0.580 bits per heavy atom. The molecule has 0 aromatic heterocycles. The van der Waals surface area contributed by atoms with Crippen LogP contribution in [0.1, 0.15) is 75.9 Å². The van der Waals surface area contributed by atoms with E-state index in [0.29, 0.717) is 39.6 Å². The van der Waals surface area contributed by atoms with Crippen LogP contribution in [0.5, 0.6) is 11.5 Å². The van der Waals surface area contributed by atoms with Crippen LogP contribution in [-0.2, 0) is 25.6 Å². The summed E-state index contributed by atoms with van der Waals surface area (Å²) in [4.78, 5) is 79.0. The summed E-state index contributed by atoms with van der Waals surface area (Å²) in [5.41, 5.74) is 3.21. The van der Waals surface area contributed by atoms with Crippen molar-refractivity contribution in [1.82, 2.24) is 0 Å². The predicted octanol–water partition coefficient (Wildman–Crippen LogP) is 12.3. The van der Waals surface area contributed by atoms with Crippen LogP contribution in [-0.4, -0.2) is 67.4 Å². The summed E-state index contributed by atoms with van der Waals surface area (Å²) < 4.78 is 10.7. The number of rotatable bonds is 20. The zero-order valence-electron chi connectivity index (χ0n) is 37.8. The lowest BCUT2D eigenvalue weighted by Crippen LogP contribution is -2.32. The minimum atomic E-state index is -1.64. The van der Waals surface area contributed by atoms with Gasteiger partial charge in [0.25, 0.3) is 23.6 Å². The summed E-state index contributed by atoms with van der Waals surface area (Å²) in [6.45, 7) is 5.85. The molecule has 4 amide bonds. The van der Waals surface area contributed by atoms with Gasteiger partial charge in [-0.15, -0.1) is 34.8 Å². The van der Waals surface area contributed by atoms with Gasteiger partial charge in [0.2, 0.25) is 12.1 Å². The van der Waals surface area contributed by atoms with Gasteiger partial charge in [-0.25, -0.2) is 0 Å². The van der Waals surface area contributed by atoms with Gasteiger partial charge < -0.3 is 30.7 Å². The fourth-order valence-corrected chi connectivity index (χ4v) is 7.62. The van der Waals surface area contributed by atoms with Crippen LogP contribution >= 0.6 is 58.0 Å². The van der Waals surface area contributed by atoms with E-state index < -0.39 is 58.0 Å². The van der Waals surface area contributed by atoms with Gasteiger partial charge >= 0.3 is 0 Å². The molecule has 360 valence electrons. The second-order valence-electron chi connectivity index (χ2n) is 15.1. The van der Waals surface area contributed by atoms with Crippen LogP contribution in [0.25, 0.3) is 0 Å². The monoisotopic (exact) mass is 1040 g/mol. The smallest absolute Gasteiger partial charge is 0.258 e. The van der Waals surface area contributed by atoms with E-state index in [9.17, 15) is 28.8 Å². The maximum absolute atomic E-state index is 13.5. The lowest BCUT2D eigenvalue weighted by Gasteiger charge is -2.16. The lowest BCUT2D eigenvalue weighted by atomic mass is 10.1. The average molecular weight is 1040 g/mol. The normalized spacial score (nSPS) is 13.0. The van der Waals surface area contributed by atoms with E-state index in [0.717, 1.165) is 13.8 Å². The molecule has 0 spiro atoms. The van der Waals surface area contributed by atoms with Gasteiger partial charge in [0.1, 0.15) is 22.9 Å². The number of methoxy groups -OCH3 is 2. The van der Waals surface area contributed by atoms with Crippen molar-refractivity contribution in [3.8, 4) is 11.5 Å². The zero-order valence-corrected chi connectivity index (χ0v) is 41.6. The first-order valence-electron chi connectivity index (χ1n) is 20.8. The van der Waals surface area contributed by atoms with Gasteiger partial charge in [0.05, 0.1) is 46.1 Å². The van der Waals surface area contributed by atoms with Crippen LogP contribution in [0.2, 0.25) is 10.0 Å². The van der Waals surface area contributed by atoms with E-state index in [1.165, 1.54) is 68.8 Å². The number of Topliss-reactive ketones (excluding diaryl/α,β-unsaturated/α-hetero) is 2. The number of anilines is 4. The van der Waals surface area contributed by atoms with Gasteiger partial charge in [-0.3, -0.25) is 28.8 Å². The third-order valence-electron chi connectivity index (χ3n) is 10.1. The van der Waals surface area contributed by atoms with Crippen LogP contribution in [0.15, 0.2) is 111 Å². The number of carbonyl (C=O) groups is 6. The second kappa shape index (κ2) is 24.7.